The molecular weight excluding hydrogens is 558 g/mol. The highest BCUT2D eigenvalue weighted by atomic mass is 35.5. The fraction of sp³-hybridized carbons (Fsp3) is 0.375. The van der Waals surface area contributed by atoms with E-state index in [1.807, 2.05) is 63.2 Å². The first-order chi connectivity index (χ1) is 19.1. The van der Waals surface area contributed by atoms with Crippen LogP contribution in [0.25, 0.3) is 0 Å². The van der Waals surface area contributed by atoms with Crippen molar-refractivity contribution < 1.29 is 18.0 Å². The minimum Gasteiger partial charge on any atom is -0.350 e. The predicted octanol–water partition coefficient (Wildman–Crippen LogP) is 5.78. The van der Waals surface area contributed by atoms with Gasteiger partial charge in [-0.3, -0.25) is 13.9 Å². The van der Waals surface area contributed by atoms with Crippen LogP contribution in [-0.4, -0.2) is 49.5 Å². The van der Waals surface area contributed by atoms with E-state index in [0.717, 1.165) is 27.3 Å². The highest BCUT2D eigenvalue weighted by Crippen LogP contribution is 2.24. The van der Waals surface area contributed by atoms with Gasteiger partial charge >= 0.3 is 0 Å². The van der Waals surface area contributed by atoms with Crippen molar-refractivity contribution in [1.82, 2.24) is 10.2 Å². The maximum Gasteiger partial charge on any atom is 0.244 e. The van der Waals surface area contributed by atoms with Gasteiger partial charge in [-0.2, -0.15) is 0 Å². The van der Waals surface area contributed by atoms with E-state index >= 15 is 0 Å². The number of carbonyl (C=O) groups is 2. The molecular formula is C32H40ClN3O4S. The Balaban J connectivity index is 2.06. The summed E-state index contributed by atoms with van der Waals surface area (Å²) in [4.78, 5) is 29.4. The lowest BCUT2D eigenvalue weighted by atomic mass is 10.0. The summed E-state index contributed by atoms with van der Waals surface area (Å²) in [5.74, 6) is -0.550. The molecule has 0 saturated heterocycles. The zero-order valence-corrected chi connectivity index (χ0v) is 26.2. The van der Waals surface area contributed by atoms with E-state index in [-0.39, 0.29) is 24.8 Å². The van der Waals surface area contributed by atoms with E-state index in [1.165, 1.54) is 4.90 Å². The number of nitrogens with zero attached hydrogens (tertiary/aromatic N) is 2. The fourth-order valence-electron chi connectivity index (χ4n) is 4.43. The molecule has 41 heavy (non-hydrogen) atoms. The lowest BCUT2D eigenvalue weighted by Gasteiger charge is -2.35. The number of hydrogen-bond donors (Lipinski definition) is 1. The molecule has 3 aromatic carbocycles. The Bertz CT molecular complexity index is 1420. The topological polar surface area (TPSA) is 86.8 Å². The first-order valence-corrected chi connectivity index (χ1v) is 15.8. The summed E-state index contributed by atoms with van der Waals surface area (Å²) in [6.45, 7) is 9.37. The first kappa shape index (κ1) is 32.2. The van der Waals surface area contributed by atoms with Gasteiger partial charge in [0.1, 0.15) is 12.6 Å². The van der Waals surface area contributed by atoms with Crippen LogP contribution >= 0.6 is 11.6 Å². The molecule has 0 aliphatic carbocycles. The SMILES string of the molecule is CC(C)c1ccc(N(CC(=O)N(Cc2ccc(Cl)cc2)C(Cc2ccccc2)C(=O)NC(C)(C)C)S(C)(=O)=O)cc1. The second kappa shape index (κ2) is 13.5. The Morgan fingerprint density at radius 3 is 1.98 bits per heavy atom. The van der Waals surface area contributed by atoms with E-state index in [1.54, 1.807) is 36.4 Å². The quantitative estimate of drug-likeness (QED) is 0.303. The van der Waals surface area contributed by atoms with Crippen LogP contribution in [0.4, 0.5) is 5.69 Å². The van der Waals surface area contributed by atoms with Gasteiger partial charge in [0, 0.05) is 23.5 Å². The molecule has 2 amide bonds. The number of nitrogens with one attached hydrogen (secondary N) is 1. The minimum atomic E-state index is -3.82. The van der Waals surface area contributed by atoms with Crippen molar-refractivity contribution in [3.63, 3.8) is 0 Å². The molecule has 3 rings (SSSR count). The molecule has 0 aliphatic heterocycles. The van der Waals surface area contributed by atoms with Crippen molar-refractivity contribution in [1.29, 1.82) is 0 Å². The van der Waals surface area contributed by atoms with Crippen LogP contribution in [0.3, 0.4) is 0 Å². The first-order valence-electron chi connectivity index (χ1n) is 13.6. The molecule has 0 aliphatic rings. The number of hydrogen-bond acceptors (Lipinski definition) is 4. The number of benzene rings is 3. The van der Waals surface area contributed by atoms with Crippen LogP contribution in [0.2, 0.25) is 5.02 Å². The van der Waals surface area contributed by atoms with Crippen molar-refractivity contribution in [2.75, 3.05) is 17.1 Å². The summed E-state index contributed by atoms with van der Waals surface area (Å²) in [7, 11) is -3.82. The molecule has 0 bridgehead atoms. The largest absolute Gasteiger partial charge is 0.350 e. The summed E-state index contributed by atoms with van der Waals surface area (Å²) in [5.41, 5.74) is 2.53. The van der Waals surface area contributed by atoms with E-state index in [0.29, 0.717) is 10.7 Å². The highest BCUT2D eigenvalue weighted by molar-refractivity contribution is 7.92. The van der Waals surface area contributed by atoms with Crippen molar-refractivity contribution in [3.05, 3.63) is 101 Å². The van der Waals surface area contributed by atoms with Crippen molar-refractivity contribution in [2.45, 2.75) is 65.1 Å². The van der Waals surface area contributed by atoms with Crippen LogP contribution in [-0.2, 0) is 32.6 Å². The molecule has 1 atom stereocenters. The lowest BCUT2D eigenvalue weighted by molar-refractivity contribution is -0.140. The molecule has 0 aromatic heterocycles. The van der Waals surface area contributed by atoms with Crippen LogP contribution in [0.5, 0.6) is 0 Å². The Morgan fingerprint density at radius 1 is 0.878 bits per heavy atom. The summed E-state index contributed by atoms with van der Waals surface area (Å²) in [6, 6.07) is 22.7. The number of carbonyl (C=O) groups excluding carboxylic acids is 2. The Kier molecular flexibility index (Phi) is 10.6. The van der Waals surface area contributed by atoms with E-state index in [2.05, 4.69) is 19.2 Å². The Labute approximate surface area is 249 Å². The van der Waals surface area contributed by atoms with Gasteiger partial charge in [0.15, 0.2) is 0 Å². The maximum atomic E-state index is 14.1. The minimum absolute atomic E-state index is 0.0922. The van der Waals surface area contributed by atoms with E-state index < -0.39 is 34.1 Å². The molecule has 0 radical (unpaired) electrons. The molecule has 0 saturated carbocycles. The summed E-state index contributed by atoms with van der Waals surface area (Å²) >= 11 is 6.10. The summed E-state index contributed by atoms with van der Waals surface area (Å²) in [6.07, 6.45) is 1.33. The fourth-order valence-corrected chi connectivity index (χ4v) is 5.41. The molecule has 9 heteroatoms. The van der Waals surface area contributed by atoms with Crippen LogP contribution < -0.4 is 9.62 Å². The van der Waals surface area contributed by atoms with E-state index in [4.69, 9.17) is 11.6 Å². The lowest BCUT2D eigenvalue weighted by Crippen LogP contribution is -2.56. The van der Waals surface area contributed by atoms with Crippen LogP contribution in [0, 0.1) is 0 Å². The maximum absolute atomic E-state index is 14.1. The zero-order valence-electron chi connectivity index (χ0n) is 24.6. The van der Waals surface area contributed by atoms with E-state index in [9.17, 15) is 18.0 Å². The number of halogens is 1. The molecule has 0 heterocycles. The van der Waals surface area contributed by atoms with Crippen LogP contribution in [0.1, 0.15) is 57.2 Å². The van der Waals surface area contributed by atoms with Gasteiger partial charge in [0.05, 0.1) is 11.9 Å². The number of anilines is 1. The van der Waals surface area contributed by atoms with Gasteiger partial charge in [0.2, 0.25) is 21.8 Å². The summed E-state index contributed by atoms with van der Waals surface area (Å²) < 4.78 is 27.0. The van der Waals surface area contributed by atoms with Gasteiger partial charge in [-0.25, -0.2) is 8.42 Å². The van der Waals surface area contributed by atoms with Gasteiger partial charge < -0.3 is 10.2 Å². The number of sulfonamides is 1. The standard InChI is InChI=1S/C32H40ClN3O4S/c1-23(2)26-14-18-28(19-15-26)36(41(6,39)40)22-30(37)35(21-25-12-16-27(33)17-13-25)29(31(38)34-32(3,4)5)20-24-10-8-7-9-11-24/h7-19,23,29H,20-22H2,1-6H3,(H,34,38). The van der Waals surface area contributed by atoms with Gasteiger partial charge in [-0.15, -0.1) is 0 Å². The number of rotatable bonds is 11. The molecule has 0 spiro atoms. The third kappa shape index (κ3) is 9.61. The third-order valence-electron chi connectivity index (χ3n) is 6.56. The van der Waals surface area contributed by atoms with Crippen molar-refractivity contribution in [2.24, 2.45) is 0 Å². The average molecular weight is 598 g/mol. The van der Waals surface area contributed by atoms with Crippen molar-refractivity contribution >= 4 is 39.1 Å². The zero-order chi connectivity index (χ0) is 30.4. The Morgan fingerprint density at radius 2 is 1.46 bits per heavy atom. The van der Waals surface area contributed by atoms with Gasteiger partial charge in [0.25, 0.3) is 0 Å². The number of amides is 2. The molecule has 3 aromatic rings. The second-order valence-corrected chi connectivity index (χ2v) is 14.0. The molecule has 0 fully saturated rings. The molecule has 1 unspecified atom stereocenters. The Hall–Kier alpha value is -3.36. The van der Waals surface area contributed by atoms with Crippen LogP contribution in [0.15, 0.2) is 78.9 Å². The molecule has 7 nitrogen and oxygen atoms in total. The smallest absolute Gasteiger partial charge is 0.244 e. The van der Waals surface area contributed by atoms with Gasteiger partial charge in [-0.05, 0) is 67.6 Å². The monoisotopic (exact) mass is 597 g/mol. The highest BCUT2D eigenvalue weighted by Gasteiger charge is 2.34. The van der Waals surface area contributed by atoms with Gasteiger partial charge in [-0.1, -0.05) is 80.0 Å². The summed E-state index contributed by atoms with van der Waals surface area (Å²) in [5, 5.41) is 3.56. The molecule has 220 valence electrons. The normalized spacial score (nSPS) is 12.6. The average Bonchev–Trinajstić information content (AvgIpc) is 2.89. The predicted molar refractivity (Wildman–Crippen MR) is 167 cm³/mol. The second-order valence-electron chi connectivity index (χ2n) is 11.6. The van der Waals surface area contributed by atoms with Crippen molar-refractivity contribution in [3.8, 4) is 0 Å². The third-order valence-corrected chi connectivity index (χ3v) is 7.95. The molecule has 1 N–H and O–H groups in total.